The number of anilines is 1. The van der Waals surface area contributed by atoms with Gasteiger partial charge in [0.2, 0.25) is 0 Å². The van der Waals surface area contributed by atoms with Crippen molar-refractivity contribution in [3.63, 3.8) is 0 Å². The summed E-state index contributed by atoms with van der Waals surface area (Å²) in [4.78, 5) is 10.9. The Hall–Kier alpha value is -2.22. The molecule has 0 aliphatic carbocycles. The molecule has 0 saturated heterocycles. The van der Waals surface area contributed by atoms with Gasteiger partial charge in [-0.1, -0.05) is 5.92 Å². The molecular formula is C12H13BFN5O3. The van der Waals surface area contributed by atoms with Crippen molar-refractivity contribution in [3.8, 4) is 12.3 Å². The molecule has 8 nitrogen and oxygen atoms in total. The second-order valence-corrected chi connectivity index (χ2v) is 4.55. The van der Waals surface area contributed by atoms with Crippen LogP contribution in [0.1, 0.15) is 0 Å². The summed E-state index contributed by atoms with van der Waals surface area (Å²) in [6, 6.07) is -1.64. The second kappa shape index (κ2) is 5.88. The monoisotopic (exact) mass is 305 g/mol. The summed E-state index contributed by atoms with van der Waals surface area (Å²) >= 11 is 0. The molecule has 10 heteroatoms. The topological polar surface area (TPSA) is 119 Å². The van der Waals surface area contributed by atoms with E-state index in [-0.39, 0.29) is 23.5 Å². The van der Waals surface area contributed by atoms with E-state index in [1.165, 1.54) is 18.0 Å². The van der Waals surface area contributed by atoms with Crippen LogP contribution in [0.2, 0.25) is 0 Å². The highest BCUT2D eigenvalue weighted by molar-refractivity contribution is 6.12. The van der Waals surface area contributed by atoms with E-state index in [2.05, 4.69) is 20.9 Å². The Morgan fingerprint density at radius 1 is 1.59 bits per heavy atom. The van der Waals surface area contributed by atoms with Crippen molar-refractivity contribution in [1.82, 2.24) is 19.5 Å². The van der Waals surface area contributed by atoms with Crippen LogP contribution in [0.5, 0.6) is 0 Å². The minimum atomic E-state index is -1.84. The van der Waals surface area contributed by atoms with Gasteiger partial charge in [0.25, 0.3) is 0 Å². The van der Waals surface area contributed by atoms with Crippen molar-refractivity contribution in [2.75, 3.05) is 12.8 Å². The molecule has 1 unspecified atom stereocenters. The average Bonchev–Trinajstić information content (AvgIpc) is 2.84. The van der Waals surface area contributed by atoms with Gasteiger partial charge in [0.15, 0.2) is 17.1 Å². The highest BCUT2D eigenvalue weighted by Gasteiger charge is 2.41. The number of terminal acetylenes is 1. The van der Waals surface area contributed by atoms with E-state index in [1.807, 2.05) is 0 Å². The molecule has 22 heavy (non-hydrogen) atoms. The molecule has 0 aliphatic rings. The third-order valence-corrected chi connectivity index (χ3v) is 3.33. The van der Waals surface area contributed by atoms with Gasteiger partial charge < -0.3 is 25.3 Å². The van der Waals surface area contributed by atoms with Gasteiger partial charge in [0.05, 0.1) is 18.9 Å². The van der Waals surface area contributed by atoms with Crippen molar-refractivity contribution in [2.45, 2.75) is 24.3 Å². The van der Waals surface area contributed by atoms with Gasteiger partial charge in [-0.3, -0.25) is 0 Å². The van der Waals surface area contributed by atoms with Crippen LogP contribution in [0.3, 0.4) is 0 Å². The van der Waals surface area contributed by atoms with Gasteiger partial charge in [-0.25, -0.2) is 4.98 Å². The third-order valence-electron chi connectivity index (χ3n) is 3.33. The Morgan fingerprint density at radius 2 is 2.27 bits per heavy atom. The lowest BCUT2D eigenvalue weighted by Gasteiger charge is -2.35. The number of nitrogens with zero attached hydrogens (tertiary/aromatic N) is 4. The number of fused-ring (bicyclic) bond motifs is 1. The molecule has 0 amide bonds. The number of aromatic nitrogens is 4. The van der Waals surface area contributed by atoms with E-state index in [1.54, 1.807) is 0 Å². The van der Waals surface area contributed by atoms with E-state index < -0.39 is 23.8 Å². The fourth-order valence-corrected chi connectivity index (χ4v) is 2.09. The van der Waals surface area contributed by atoms with Crippen LogP contribution in [0.25, 0.3) is 11.2 Å². The van der Waals surface area contributed by atoms with Crippen LogP contribution >= 0.6 is 0 Å². The number of aliphatic hydroxyl groups excluding tert-OH is 2. The molecule has 0 bridgehead atoms. The van der Waals surface area contributed by atoms with Crippen LogP contribution < -0.4 is 5.73 Å². The van der Waals surface area contributed by atoms with Crippen molar-refractivity contribution in [1.29, 1.82) is 0 Å². The van der Waals surface area contributed by atoms with Gasteiger partial charge in [0, 0.05) is 7.11 Å². The van der Waals surface area contributed by atoms with Crippen LogP contribution in [-0.2, 0) is 11.3 Å². The second-order valence-electron chi connectivity index (χ2n) is 4.55. The summed E-state index contributed by atoms with van der Waals surface area (Å²) in [5, 5.41) is 19.9. The molecule has 114 valence electrons. The van der Waals surface area contributed by atoms with Gasteiger partial charge in [-0.05, 0) is 0 Å². The summed E-state index contributed by atoms with van der Waals surface area (Å²) in [7, 11) is 6.58. The van der Waals surface area contributed by atoms with E-state index in [4.69, 9.17) is 24.7 Å². The predicted octanol–water partition coefficient (Wildman–Crippen LogP) is -1.59. The van der Waals surface area contributed by atoms with Gasteiger partial charge in [0.1, 0.15) is 19.5 Å². The largest absolute Gasteiger partial charge is 0.399 e. The maximum Gasteiger partial charge on any atom is 0.312 e. The minimum Gasteiger partial charge on any atom is -0.399 e. The van der Waals surface area contributed by atoms with Gasteiger partial charge in [-0.15, -0.1) is 6.42 Å². The molecule has 0 spiro atoms. The molecule has 4 N–H and O–H groups in total. The van der Waals surface area contributed by atoms with Crippen LogP contribution in [0.4, 0.5) is 10.2 Å². The summed E-state index contributed by atoms with van der Waals surface area (Å²) in [5.41, 5.74) is 3.94. The van der Waals surface area contributed by atoms with Crippen molar-refractivity contribution < 1.29 is 19.3 Å². The standard InChI is InChI=1S/C12H13BFN5O3/c1-3-12(22-2,10(13)21)6(20)4-19-5-16-7-8(15)17-11(14)18-9(7)19/h1,5-6,10,20-21H,4H2,2H3,(H2,15,17,18)/t6-,10?,12-/m0/s1. The molecule has 2 aromatic rings. The van der Waals surface area contributed by atoms with E-state index >= 15 is 0 Å². The maximum absolute atomic E-state index is 13.3. The number of nitrogen functional groups attached to an aromatic ring is 1. The Kier molecular flexibility index (Phi) is 4.32. The molecule has 0 aromatic carbocycles. The molecule has 2 radical (unpaired) electrons. The van der Waals surface area contributed by atoms with Crippen molar-refractivity contribution in [2.24, 2.45) is 0 Å². The molecule has 2 rings (SSSR count). The Labute approximate surface area is 126 Å². The average molecular weight is 305 g/mol. The first-order valence-electron chi connectivity index (χ1n) is 6.14. The third kappa shape index (κ3) is 2.50. The zero-order chi connectivity index (χ0) is 16.5. The van der Waals surface area contributed by atoms with Crippen LogP contribution in [0, 0.1) is 18.4 Å². The van der Waals surface area contributed by atoms with E-state index in [0.29, 0.717) is 0 Å². The number of aliphatic hydroxyl groups is 2. The molecule has 3 atom stereocenters. The number of methoxy groups -OCH3 is 1. The van der Waals surface area contributed by atoms with Crippen LogP contribution in [0.15, 0.2) is 6.33 Å². The predicted molar refractivity (Wildman–Crippen MR) is 76.0 cm³/mol. The Balaban J connectivity index is 2.41. The zero-order valence-electron chi connectivity index (χ0n) is 11.6. The molecule has 0 aliphatic heterocycles. The van der Waals surface area contributed by atoms with E-state index in [0.717, 1.165) is 0 Å². The molecule has 0 fully saturated rings. The Morgan fingerprint density at radius 3 is 2.82 bits per heavy atom. The Bertz CT molecular complexity index is 731. The number of ether oxygens (including phenoxy) is 1. The number of rotatable bonds is 5. The lowest BCUT2D eigenvalue weighted by molar-refractivity contribution is -0.108. The smallest absolute Gasteiger partial charge is 0.312 e. The zero-order valence-corrected chi connectivity index (χ0v) is 11.6. The summed E-state index contributed by atoms with van der Waals surface area (Å²) in [6.45, 7) is -0.210. The van der Waals surface area contributed by atoms with Gasteiger partial charge in [-0.2, -0.15) is 14.4 Å². The normalized spacial score (nSPS) is 16.9. The fourth-order valence-electron chi connectivity index (χ4n) is 2.09. The molecular weight excluding hydrogens is 292 g/mol. The lowest BCUT2D eigenvalue weighted by atomic mass is 9.79. The highest BCUT2D eigenvalue weighted by Crippen LogP contribution is 2.22. The number of imidazole rings is 1. The first kappa shape index (κ1) is 16.2. The lowest BCUT2D eigenvalue weighted by Crippen LogP contribution is -2.54. The quantitative estimate of drug-likeness (QED) is 0.346. The van der Waals surface area contributed by atoms with Gasteiger partial charge >= 0.3 is 6.08 Å². The number of hydrogen-bond donors (Lipinski definition) is 3. The summed E-state index contributed by atoms with van der Waals surface area (Å²) in [5.74, 6) is 2.00. The maximum atomic E-state index is 13.3. The number of halogens is 1. The SMILES string of the molecule is [B]C(O)[C@@](C#C)(OC)[C@@H](O)Cn1cnc2c(N)nc(F)nc21. The molecule has 0 saturated carbocycles. The van der Waals surface area contributed by atoms with Crippen LogP contribution in [-0.4, -0.2) is 62.4 Å². The summed E-state index contributed by atoms with van der Waals surface area (Å²) in [6.07, 6.45) is 4.13. The first-order chi connectivity index (χ1) is 10.4. The fraction of sp³-hybridized carbons (Fsp3) is 0.417. The molecule has 2 heterocycles. The van der Waals surface area contributed by atoms with Crippen molar-refractivity contribution >= 4 is 24.8 Å². The van der Waals surface area contributed by atoms with Crippen molar-refractivity contribution in [3.05, 3.63) is 12.4 Å². The highest BCUT2D eigenvalue weighted by atomic mass is 19.1. The summed E-state index contributed by atoms with van der Waals surface area (Å²) < 4.78 is 19.6. The first-order valence-corrected chi connectivity index (χ1v) is 6.14. The molecule has 2 aromatic heterocycles. The van der Waals surface area contributed by atoms with E-state index in [9.17, 15) is 14.6 Å². The number of hydrogen-bond acceptors (Lipinski definition) is 7. The number of nitrogens with two attached hydrogens (primary N) is 1. The minimum absolute atomic E-state index is 0.0672.